The van der Waals surface area contributed by atoms with Crippen molar-refractivity contribution in [3.05, 3.63) is 23.3 Å². The van der Waals surface area contributed by atoms with Crippen molar-refractivity contribution in [1.29, 1.82) is 0 Å². The van der Waals surface area contributed by atoms with E-state index in [0.717, 1.165) is 0 Å². The lowest BCUT2D eigenvalue weighted by molar-refractivity contribution is 0.0598. The number of fused-ring (bicyclic) bond motifs is 1. The second-order valence-corrected chi connectivity index (χ2v) is 5.96. The molecule has 1 nitrogen and oxygen atoms in total. The molecule has 90 valence electrons. The lowest BCUT2D eigenvalue weighted by Gasteiger charge is -2.43. The molecule has 0 saturated carbocycles. The maximum Gasteiger partial charge on any atom is 0.0759 e. The van der Waals surface area contributed by atoms with E-state index in [4.69, 9.17) is 0 Å². The van der Waals surface area contributed by atoms with E-state index >= 15 is 0 Å². The van der Waals surface area contributed by atoms with Crippen LogP contribution in [0, 0.1) is 23.7 Å². The SMILES string of the molecule is CC1=C[C@H]2[C@H](C(C)C)[C@@H](O)C=C(C)[C@H]2CC1. The van der Waals surface area contributed by atoms with Gasteiger partial charge in [0.1, 0.15) is 0 Å². The minimum absolute atomic E-state index is 0.247. The van der Waals surface area contributed by atoms with Gasteiger partial charge in [0.15, 0.2) is 0 Å². The second-order valence-electron chi connectivity index (χ2n) is 5.96. The van der Waals surface area contributed by atoms with Gasteiger partial charge in [-0.25, -0.2) is 0 Å². The van der Waals surface area contributed by atoms with Crippen LogP contribution in [0.25, 0.3) is 0 Å². The molecule has 0 unspecified atom stereocenters. The molecule has 16 heavy (non-hydrogen) atoms. The monoisotopic (exact) mass is 220 g/mol. The third kappa shape index (κ3) is 1.98. The summed E-state index contributed by atoms with van der Waals surface area (Å²) in [6, 6.07) is 0. The van der Waals surface area contributed by atoms with Crippen molar-refractivity contribution in [2.75, 3.05) is 0 Å². The highest BCUT2D eigenvalue weighted by atomic mass is 16.3. The van der Waals surface area contributed by atoms with Crippen molar-refractivity contribution in [3.63, 3.8) is 0 Å². The van der Waals surface area contributed by atoms with Crippen molar-refractivity contribution >= 4 is 0 Å². The maximum atomic E-state index is 10.2. The first kappa shape index (κ1) is 11.9. The molecule has 0 aromatic rings. The lowest BCUT2D eigenvalue weighted by atomic mass is 9.63. The number of aliphatic hydroxyl groups excluding tert-OH is 1. The summed E-state index contributed by atoms with van der Waals surface area (Å²) >= 11 is 0. The lowest BCUT2D eigenvalue weighted by Crippen LogP contribution is -2.40. The maximum absolute atomic E-state index is 10.2. The average Bonchev–Trinajstić information content (AvgIpc) is 2.15. The Bertz CT molecular complexity index is 324. The fraction of sp³-hybridized carbons (Fsp3) is 0.733. The standard InChI is InChI=1S/C15H24O/c1-9(2)15-13-7-10(3)5-6-12(13)11(4)8-14(15)16/h7-9,12-16H,5-6H2,1-4H3/t12-,13-,14+,15+/m1/s1. The van der Waals surface area contributed by atoms with Crippen LogP contribution in [0.15, 0.2) is 23.3 Å². The quantitative estimate of drug-likeness (QED) is 0.670. The molecular formula is C15H24O. The van der Waals surface area contributed by atoms with E-state index in [9.17, 15) is 5.11 Å². The normalized spacial score (nSPS) is 39.1. The van der Waals surface area contributed by atoms with Crippen molar-refractivity contribution in [1.82, 2.24) is 0 Å². The topological polar surface area (TPSA) is 20.2 Å². The first-order valence-corrected chi connectivity index (χ1v) is 6.54. The summed E-state index contributed by atoms with van der Waals surface area (Å²) in [5.41, 5.74) is 2.91. The van der Waals surface area contributed by atoms with Gasteiger partial charge in [-0.1, -0.05) is 37.1 Å². The highest BCUT2D eigenvalue weighted by Crippen LogP contribution is 2.45. The first-order chi connectivity index (χ1) is 7.50. The predicted molar refractivity (Wildman–Crippen MR) is 68.1 cm³/mol. The van der Waals surface area contributed by atoms with E-state index in [1.54, 1.807) is 0 Å². The van der Waals surface area contributed by atoms with Crippen molar-refractivity contribution in [2.24, 2.45) is 23.7 Å². The smallest absolute Gasteiger partial charge is 0.0759 e. The van der Waals surface area contributed by atoms with Gasteiger partial charge in [0.2, 0.25) is 0 Å². The van der Waals surface area contributed by atoms with E-state index in [2.05, 4.69) is 39.8 Å². The van der Waals surface area contributed by atoms with Crippen LogP contribution in [-0.2, 0) is 0 Å². The molecule has 2 rings (SSSR count). The van der Waals surface area contributed by atoms with Crippen LogP contribution in [0.3, 0.4) is 0 Å². The molecule has 2 aliphatic rings. The third-order valence-electron chi connectivity index (χ3n) is 4.42. The molecule has 1 heteroatoms. The molecular weight excluding hydrogens is 196 g/mol. The van der Waals surface area contributed by atoms with E-state index in [1.807, 2.05) is 0 Å². The van der Waals surface area contributed by atoms with Crippen LogP contribution < -0.4 is 0 Å². The number of rotatable bonds is 1. The van der Waals surface area contributed by atoms with Crippen LogP contribution >= 0.6 is 0 Å². The fourth-order valence-corrected chi connectivity index (χ4v) is 3.58. The van der Waals surface area contributed by atoms with Crippen LogP contribution in [0.2, 0.25) is 0 Å². The highest BCUT2D eigenvalue weighted by Gasteiger charge is 2.39. The molecule has 0 radical (unpaired) electrons. The summed E-state index contributed by atoms with van der Waals surface area (Å²) in [7, 11) is 0. The molecule has 0 heterocycles. The summed E-state index contributed by atoms with van der Waals surface area (Å²) in [6.07, 6.45) is 6.78. The Morgan fingerprint density at radius 1 is 1.25 bits per heavy atom. The van der Waals surface area contributed by atoms with Gasteiger partial charge in [0.05, 0.1) is 6.10 Å². The van der Waals surface area contributed by atoms with E-state index < -0.39 is 0 Å². The van der Waals surface area contributed by atoms with Crippen LogP contribution in [-0.4, -0.2) is 11.2 Å². The van der Waals surface area contributed by atoms with E-state index in [1.165, 1.54) is 24.0 Å². The molecule has 0 amide bonds. The summed E-state index contributed by atoms with van der Waals surface area (Å²) < 4.78 is 0. The molecule has 0 aromatic heterocycles. The molecule has 0 spiro atoms. The molecule has 0 fully saturated rings. The zero-order chi connectivity index (χ0) is 11.9. The van der Waals surface area contributed by atoms with Gasteiger partial charge in [-0.15, -0.1) is 0 Å². The molecule has 2 aliphatic carbocycles. The highest BCUT2D eigenvalue weighted by molar-refractivity contribution is 5.23. The Morgan fingerprint density at radius 3 is 2.56 bits per heavy atom. The molecule has 0 saturated heterocycles. The van der Waals surface area contributed by atoms with Gasteiger partial charge in [-0.3, -0.25) is 0 Å². The van der Waals surface area contributed by atoms with Gasteiger partial charge in [-0.05, 0) is 50.4 Å². The zero-order valence-corrected chi connectivity index (χ0v) is 10.9. The van der Waals surface area contributed by atoms with Crippen molar-refractivity contribution in [3.8, 4) is 0 Å². The van der Waals surface area contributed by atoms with Gasteiger partial charge in [0.25, 0.3) is 0 Å². The van der Waals surface area contributed by atoms with Crippen LogP contribution in [0.4, 0.5) is 0 Å². The number of allylic oxidation sites excluding steroid dienone is 3. The number of hydrogen-bond donors (Lipinski definition) is 1. The van der Waals surface area contributed by atoms with Gasteiger partial charge in [0, 0.05) is 0 Å². The molecule has 1 N–H and O–H groups in total. The van der Waals surface area contributed by atoms with E-state index in [0.29, 0.717) is 23.7 Å². The minimum Gasteiger partial charge on any atom is -0.389 e. The minimum atomic E-state index is -0.247. The van der Waals surface area contributed by atoms with E-state index in [-0.39, 0.29) is 6.10 Å². The molecule has 4 atom stereocenters. The fourth-order valence-electron chi connectivity index (χ4n) is 3.58. The summed E-state index contributed by atoms with van der Waals surface area (Å²) in [6.45, 7) is 8.88. The predicted octanol–water partition coefficient (Wildman–Crippen LogP) is 3.55. The summed E-state index contributed by atoms with van der Waals surface area (Å²) in [5.74, 6) is 2.20. The Morgan fingerprint density at radius 2 is 1.94 bits per heavy atom. The molecule has 0 aromatic carbocycles. The van der Waals surface area contributed by atoms with Gasteiger partial charge in [-0.2, -0.15) is 0 Å². The van der Waals surface area contributed by atoms with Crippen LogP contribution in [0.1, 0.15) is 40.5 Å². The average molecular weight is 220 g/mol. The molecule has 0 bridgehead atoms. The summed E-state index contributed by atoms with van der Waals surface area (Å²) in [4.78, 5) is 0. The van der Waals surface area contributed by atoms with Crippen molar-refractivity contribution < 1.29 is 5.11 Å². The Kier molecular flexibility index (Phi) is 3.25. The first-order valence-electron chi connectivity index (χ1n) is 6.54. The van der Waals surface area contributed by atoms with Crippen molar-refractivity contribution in [2.45, 2.75) is 46.6 Å². The zero-order valence-electron chi connectivity index (χ0n) is 10.9. The number of aliphatic hydroxyl groups is 1. The summed E-state index contributed by atoms with van der Waals surface area (Å²) in [5, 5.41) is 10.2. The Hall–Kier alpha value is -0.560. The van der Waals surface area contributed by atoms with Crippen LogP contribution in [0.5, 0.6) is 0 Å². The van der Waals surface area contributed by atoms with Gasteiger partial charge < -0.3 is 5.11 Å². The Balaban J connectivity index is 2.36. The second kappa shape index (κ2) is 4.37. The number of hydrogen-bond acceptors (Lipinski definition) is 1. The molecule has 0 aliphatic heterocycles. The third-order valence-corrected chi connectivity index (χ3v) is 4.42. The largest absolute Gasteiger partial charge is 0.389 e. The Labute approximate surface area is 99.3 Å². The van der Waals surface area contributed by atoms with Gasteiger partial charge >= 0.3 is 0 Å².